The first-order valence-corrected chi connectivity index (χ1v) is 19.6. The van der Waals surface area contributed by atoms with Crippen molar-refractivity contribution in [3.05, 3.63) is 48.5 Å². The van der Waals surface area contributed by atoms with Gasteiger partial charge in [0.05, 0.1) is 18.3 Å². The van der Waals surface area contributed by atoms with Crippen LogP contribution < -0.4 is 9.47 Å². The molecule has 6 aliphatic carbocycles. The molecule has 4 nitrogen and oxygen atoms in total. The second-order valence-electron chi connectivity index (χ2n) is 13.4. The largest absolute Gasteiger partial charge is 0.426 e. The number of alkyl halides is 6. The Morgan fingerprint density at radius 3 is 1.62 bits per heavy atom. The first kappa shape index (κ1) is 32.2. The van der Waals surface area contributed by atoms with Crippen LogP contribution in [0.4, 0.5) is 0 Å². The molecule has 6 atom stereocenters. The predicted molar refractivity (Wildman–Crippen MR) is 188 cm³/mol. The molecule has 6 unspecified atom stereocenters. The number of halogens is 6. The van der Waals surface area contributed by atoms with E-state index in [2.05, 4.69) is 123 Å². The fourth-order valence-corrected chi connectivity index (χ4v) is 19.0. The Kier molecular flexibility index (Phi) is 7.96. The smallest absolute Gasteiger partial charge is 0.319 e. The van der Waals surface area contributed by atoms with E-state index in [-0.39, 0.29) is 50.7 Å². The summed E-state index contributed by atoms with van der Waals surface area (Å²) in [4.78, 5) is 27.9. The quantitative estimate of drug-likeness (QED) is 0.158. The van der Waals surface area contributed by atoms with Crippen molar-refractivity contribution < 1.29 is 19.1 Å². The van der Waals surface area contributed by atoms with Crippen LogP contribution in [0.2, 0.25) is 0 Å². The summed E-state index contributed by atoms with van der Waals surface area (Å²) in [6.45, 7) is 8.66. The zero-order valence-electron chi connectivity index (χ0n) is 23.7. The summed E-state index contributed by atoms with van der Waals surface area (Å²) in [6, 6.07) is 15.1. The van der Waals surface area contributed by atoms with Gasteiger partial charge in [-0.05, 0) is 60.3 Å². The SMILES string of the molecule is CC1(C)C2(C(=O)Oc3ccc(OC(=O)C45CCC(C(Br)Br)(C4Br)C5(C)C)c(-c4ccccc4)c3)CCC1(C(Br)Br)C2Br. The monoisotopic (exact) mass is 954 g/mol. The van der Waals surface area contributed by atoms with Crippen molar-refractivity contribution in [2.75, 3.05) is 0 Å². The molecule has 0 N–H and O–H groups in total. The molecule has 8 rings (SSSR count). The molecule has 0 aliphatic heterocycles. The maximum absolute atomic E-state index is 14.0. The summed E-state index contributed by atoms with van der Waals surface area (Å²) in [5, 5.41) is 0. The second-order valence-corrected chi connectivity index (χ2v) is 21.4. The van der Waals surface area contributed by atoms with E-state index in [1.165, 1.54) is 0 Å². The summed E-state index contributed by atoms with van der Waals surface area (Å²) in [5.41, 5.74) is -0.458. The lowest BCUT2D eigenvalue weighted by atomic mass is 9.43. The molecule has 4 bridgehead atoms. The number of rotatable bonds is 7. The predicted octanol–water partition coefficient (Wildman–Crippen LogP) is 10.5. The number of carbonyl (C=O) groups excluding carboxylic acids is 2. The fraction of sp³-hybridized carbons (Fsp3) is 0.562. The van der Waals surface area contributed by atoms with Gasteiger partial charge < -0.3 is 9.47 Å². The summed E-state index contributed by atoms with van der Waals surface area (Å²) in [6.07, 6.45) is 3.32. The number of hydrogen-bond donors (Lipinski definition) is 0. The second kappa shape index (κ2) is 10.4. The van der Waals surface area contributed by atoms with Gasteiger partial charge in [0.1, 0.15) is 11.5 Å². The van der Waals surface area contributed by atoms with Gasteiger partial charge in [0, 0.05) is 26.0 Å². The molecule has 2 aromatic rings. The van der Waals surface area contributed by atoms with Gasteiger partial charge >= 0.3 is 11.9 Å². The van der Waals surface area contributed by atoms with Crippen LogP contribution in [0.5, 0.6) is 11.5 Å². The zero-order valence-corrected chi connectivity index (χ0v) is 33.2. The van der Waals surface area contributed by atoms with Gasteiger partial charge in [-0.3, -0.25) is 9.59 Å². The summed E-state index contributed by atoms with van der Waals surface area (Å²) >= 11 is 22.8. The van der Waals surface area contributed by atoms with E-state index in [1.54, 1.807) is 12.1 Å². The van der Waals surface area contributed by atoms with Gasteiger partial charge in [-0.2, -0.15) is 0 Å². The van der Waals surface area contributed by atoms with E-state index < -0.39 is 10.8 Å². The van der Waals surface area contributed by atoms with Crippen LogP contribution in [0.3, 0.4) is 0 Å². The number of esters is 2. The Hall–Kier alpha value is 0.260. The third-order valence-electron chi connectivity index (χ3n) is 12.2. The number of benzene rings is 2. The lowest BCUT2D eigenvalue weighted by Crippen LogP contribution is -2.71. The van der Waals surface area contributed by atoms with Crippen molar-refractivity contribution in [1.29, 1.82) is 0 Å². The highest BCUT2D eigenvalue weighted by Gasteiger charge is 2.85. The zero-order chi connectivity index (χ0) is 30.7. The van der Waals surface area contributed by atoms with Crippen LogP contribution in [-0.2, 0) is 9.59 Å². The topological polar surface area (TPSA) is 52.6 Å². The van der Waals surface area contributed by atoms with Crippen molar-refractivity contribution in [1.82, 2.24) is 0 Å². The number of hydrogen-bond acceptors (Lipinski definition) is 4. The van der Waals surface area contributed by atoms with E-state index >= 15 is 0 Å². The Bertz CT molecular complexity index is 1460. The minimum atomic E-state index is -0.649. The van der Waals surface area contributed by atoms with Crippen molar-refractivity contribution in [3.63, 3.8) is 0 Å². The van der Waals surface area contributed by atoms with Crippen LogP contribution in [0.1, 0.15) is 53.4 Å². The molecule has 0 amide bonds. The van der Waals surface area contributed by atoms with E-state index in [1.807, 2.05) is 36.4 Å². The molecule has 6 saturated carbocycles. The normalized spacial score (nSPS) is 36.9. The molecular weight excluding hydrogens is 928 g/mol. The van der Waals surface area contributed by atoms with Crippen LogP contribution in [-0.4, -0.2) is 29.1 Å². The standard InChI is InChI=1S/C32H32Br6O4/c1-27(2)29(23(35)36)12-14-31(27,21(29)33)25(39)41-18-10-11-20(19(16-18)17-8-6-5-7-9-17)42-26(40)32-15-13-30(22(32)34,24(37)38)28(32,3)4/h5-11,16,21-24H,12-15H2,1-4H3. The molecule has 0 saturated heterocycles. The van der Waals surface area contributed by atoms with E-state index in [0.29, 0.717) is 17.1 Å². The molecule has 0 aromatic heterocycles. The first-order valence-electron chi connectivity index (χ1n) is 14.1. The maximum Gasteiger partial charge on any atom is 0.319 e. The number of carbonyl (C=O) groups is 2. The van der Waals surface area contributed by atoms with E-state index in [9.17, 15) is 9.59 Å². The van der Waals surface area contributed by atoms with Gasteiger partial charge in [0.2, 0.25) is 0 Å². The minimum Gasteiger partial charge on any atom is -0.426 e. The molecule has 226 valence electrons. The minimum absolute atomic E-state index is 0.0166. The molecule has 0 heterocycles. The van der Waals surface area contributed by atoms with Gasteiger partial charge in [-0.1, -0.05) is 154 Å². The molecule has 10 heteroatoms. The highest BCUT2D eigenvalue weighted by Crippen LogP contribution is 2.83. The molecule has 0 spiro atoms. The summed E-state index contributed by atoms with van der Waals surface area (Å²) < 4.78 is 12.6. The van der Waals surface area contributed by atoms with Crippen molar-refractivity contribution in [3.8, 4) is 22.6 Å². The van der Waals surface area contributed by atoms with Gasteiger partial charge in [-0.25, -0.2) is 0 Å². The fourth-order valence-electron chi connectivity index (χ4n) is 9.19. The molecule has 6 aliphatic rings. The first-order chi connectivity index (χ1) is 19.6. The Morgan fingerprint density at radius 2 is 1.19 bits per heavy atom. The molecule has 0 radical (unpaired) electrons. The van der Waals surface area contributed by atoms with Crippen LogP contribution in [0.15, 0.2) is 48.5 Å². The number of fused-ring (bicyclic) bond motifs is 2. The maximum atomic E-state index is 14.0. The lowest BCUT2D eigenvalue weighted by molar-refractivity contribution is -0.177. The van der Waals surface area contributed by atoms with Crippen molar-refractivity contribution >= 4 is 108 Å². The molecule has 6 fully saturated rings. The highest BCUT2D eigenvalue weighted by atomic mass is 79.9. The van der Waals surface area contributed by atoms with Crippen LogP contribution in [0, 0.1) is 32.5 Å². The third-order valence-corrected chi connectivity index (χ3v) is 18.6. The summed E-state index contributed by atoms with van der Waals surface area (Å²) in [5.74, 6) is 0.425. The Labute approximate surface area is 298 Å². The third kappa shape index (κ3) is 3.60. The van der Waals surface area contributed by atoms with E-state index in [4.69, 9.17) is 9.47 Å². The lowest BCUT2D eigenvalue weighted by Gasteiger charge is -2.65. The number of ether oxygens (including phenoxy) is 2. The van der Waals surface area contributed by atoms with Gasteiger partial charge in [0.25, 0.3) is 0 Å². The Balaban J connectivity index is 1.31. The average molecular weight is 960 g/mol. The van der Waals surface area contributed by atoms with Crippen LogP contribution >= 0.6 is 95.6 Å². The summed E-state index contributed by atoms with van der Waals surface area (Å²) in [7, 11) is 0. The molecule has 42 heavy (non-hydrogen) atoms. The van der Waals surface area contributed by atoms with E-state index in [0.717, 1.165) is 31.2 Å². The highest BCUT2D eigenvalue weighted by molar-refractivity contribution is 9.25. The van der Waals surface area contributed by atoms with Gasteiger partial charge in [0.15, 0.2) is 0 Å². The average Bonchev–Trinajstić information content (AvgIpc) is 3.62. The molecule has 2 aromatic carbocycles. The molecular formula is C32H32Br6O4. The van der Waals surface area contributed by atoms with Gasteiger partial charge in [-0.15, -0.1) is 0 Å². The Morgan fingerprint density at radius 1 is 0.714 bits per heavy atom. The van der Waals surface area contributed by atoms with Crippen molar-refractivity contribution in [2.45, 2.75) is 70.5 Å². The van der Waals surface area contributed by atoms with Crippen LogP contribution in [0.25, 0.3) is 11.1 Å². The van der Waals surface area contributed by atoms with Crippen molar-refractivity contribution in [2.24, 2.45) is 32.5 Å².